The van der Waals surface area contributed by atoms with E-state index in [1.807, 2.05) is 24.3 Å². The topological polar surface area (TPSA) is 76.2 Å². The van der Waals surface area contributed by atoms with Crippen molar-refractivity contribution >= 4 is 32.7 Å². The lowest BCUT2D eigenvalue weighted by atomic mass is 10.3. The van der Waals surface area contributed by atoms with Gasteiger partial charge in [-0.25, -0.2) is 4.98 Å². The maximum absolute atomic E-state index is 9.00. The second kappa shape index (κ2) is 4.57. The molecule has 4 nitrogen and oxygen atoms in total. The molecule has 0 amide bonds. The van der Waals surface area contributed by atoms with Crippen molar-refractivity contribution < 1.29 is 9.90 Å². The number of anilines is 1. The van der Waals surface area contributed by atoms with E-state index in [0.29, 0.717) is 5.13 Å². The lowest BCUT2D eigenvalue weighted by Crippen LogP contribution is -1.78. The number of carboxylic acid groups (broad SMARTS) is 1. The third kappa shape index (κ3) is 3.02. The number of hydrogen-bond donors (Lipinski definition) is 2. The molecule has 0 aliphatic heterocycles. The smallest absolute Gasteiger partial charge is 0.300 e. The number of carbonyl (C=O) groups is 1. The Hall–Kier alpha value is -1.62. The highest BCUT2D eigenvalue weighted by molar-refractivity contribution is 7.22. The normalized spacial score (nSPS) is 9.21. The number of thiazole rings is 1. The highest BCUT2D eigenvalue weighted by atomic mass is 32.1. The van der Waals surface area contributed by atoms with E-state index in [2.05, 4.69) is 4.98 Å². The lowest BCUT2D eigenvalue weighted by Gasteiger charge is -1.80. The Labute approximate surface area is 85.0 Å². The van der Waals surface area contributed by atoms with Crippen molar-refractivity contribution in [2.75, 3.05) is 5.73 Å². The number of aromatic nitrogens is 1. The number of aliphatic carboxylic acids is 1. The molecule has 2 aromatic rings. The summed E-state index contributed by atoms with van der Waals surface area (Å²) in [6.45, 7) is 1.08. The molecule has 0 spiro atoms. The second-order valence-electron chi connectivity index (χ2n) is 2.54. The molecule has 0 atom stereocenters. The first-order valence-corrected chi connectivity index (χ1v) is 4.72. The largest absolute Gasteiger partial charge is 0.481 e. The van der Waals surface area contributed by atoms with Crippen LogP contribution in [0.4, 0.5) is 5.13 Å². The van der Waals surface area contributed by atoms with Gasteiger partial charge in [0.2, 0.25) is 0 Å². The van der Waals surface area contributed by atoms with E-state index in [-0.39, 0.29) is 0 Å². The number of fused-ring (bicyclic) bond motifs is 1. The second-order valence-corrected chi connectivity index (χ2v) is 3.60. The molecule has 14 heavy (non-hydrogen) atoms. The van der Waals surface area contributed by atoms with Gasteiger partial charge in [0.1, 0.15) is 0 Å². The van der Waals surface area contributed by atoms with Crippen molar-refractivity contribution in [1.29, 1.82) is 0 Å². The molecule has 74 valence electrons. The van der Waals surface area contributed by atoms with Crippen molar-refractivity contribution in [3.05, 3.63) is 24.3 Å². The van der Waals surface area contributed by atoms with Crippen LogP contribution in [0.1, 0.15) is 6.92 Å². The zero-order valence-corrected chi connectivity index (χ0v) is 8.41. The third-order valence-electron chi connectivity index (χ3n) is 1.31. The average molecular weight is 210 g/mol. The van der Waals surface area contributed by atoms with Crippen LogP contribution in [0.15, 0.2) is 24.3 Å². The first-order valence-electron chi connectivity index (χ1n) is 3.90. The van der Waals surface area contributed by atoms with Crippen LogP contribution in [0.3, 0.4) is 0 Å². The van der Waals surface area contributed by atoms with E-state index in [0.717, 1.165) is 17.1 Å². The minimum atomic E-state index is -0.833. The molecule has 1 aromatic heterocycles. The summed E-state index contributed by atoms with van der Waals surface area (Å²) in [6.07, 6.45) is 0. The van der Waals surface area contributed by atoms with E-state index in [9.17, 15) is 0 Å². The molecule has 0 aliphatic carbocycles. The Kier molecular flexibility index (Phi) is 3.41. The summed E-state index contributed by atoms with van der Waals surface area (Å²) < 4.78 is 1.15. The van der Waals surface area contributed by atoms with Gasteiger partial charge >= 0.3 is 0 Å². The van der Waals surface area contributed by atoms with Gasteiger partial charge in [-0.1, -0.05) is 23.5 Å². The van der Waals surface area contributed by atoms with Gasteiger partial charge < -0.3 is 10.8 Å². The third-order valence-corrected chi connectivity index (χ3v) is 2.18. The molecule has 0 aliphatic rings. The van der Waals surface area contributed by atoms with Crippen LogP contribution in [0.5, 0.6) is 0 Å². The van der Waals surface area contributed by atoms with Gasteiger partial charge in [0.05, 0.1) is 10.2 Å². The number of nitrogens with two attached hydrogens (primary N) is 1. The van der Waals surface area contributed by atoms with Crippen LogP contribution in [0, 0.1) is 0 Å². The fourth-order valence-corrected chi connectivity index (χ4v) is 1.62. The highest BCUT2D eigenvalue weighted by Crippen LogP contribution is 2.22. The standard InChI is InChI=1S/C7H6N2S.C2H4O2/c8-7-9-5-3-1-2-4-6(5)10-7;1-2(3)4/h1-4H,(H2,8,9);1H3,(H,3,4). The Morgan fingerprint density at radius 1 is 1.50 bits per heavy atom. The van der Waals surface area contributed by atoms with Crippen LogP contribution < -0.4 is 5.73 Å². The predicted octanol–water partition coefficient (Wildman–Crippen LogP) is 1.97. The minimum Gasteiger partial charge on any atom is -0.481 e. The van der Waals surface area contributed by atoms with E-state index in [4.69, 9.17) is 15.6 Å². The monoisotopic (exact) mass is 210 g/mol. The number of para-hydroxylation sites is 1. The van der Waals surface area contributed by atoms with Crippen molar-refractivity contribution in [1.82, 2.24) is 4.98 Å². The summed E-state index contributed by atoms with van der Waals surface area (Å²) in [6, 6.07) is 7.92. The summed E-state index contributed by atoms with van der Waals surface area (Å²) in [5.41, 5.74) is 6.49. The summed E-state index contributed by atoms with van der Waals surface area (Å²) in [7, 11) is 0. The van der Waals surface area contributed by atoms with Gasteiger partial charge in [-0.15, -0.1) is 0 Å². The molecule has 0 radical (unpaired) electrons. The van der Waals surface area contributed by atoms with Crippen LogP contribution >= 0.6 is 11.3 Å². The molecule has 0 unspecified atom stereocenters. The van der Waals surface area contributed by atoms with E-state index < -0.39 is 5.97 Å². The predicted molar refractivity (Wildman–Crippen MR) is 57.3 cm³/mol. The summed E-state index contributed by atoms with van der Waals surface area (Å²) in [5.74, 6) is -0.833. The van der Waals surface area contributed by atoms with E-state index in [1.54, 1.807) is 0 Å². The lowest BCUT2D eigenvalue weighted by molar-refractivity contribution is -0.134. The van der Waals surface area contributed by atoms with E-state index in [1.165, 1.54) is 11.3 Å². The number of carboxylic acids is 1. The molecule has 0 saturated carbocycles. The van der Waals surface area contributed by atoms with Gasteiger partial charge in [0.25, 0.3) is 5.97 Å². The van der Waals surface area contributed by atoms with Crippen LogP contribution in [-0.2, 0) is 4.79 Å². The molecular formula is C9H10N2O2S. The molecule has 0 fully saturated rings. The summed E-state index contributed by atoms with van der Waals surface area (Å²) in [5, 5.41) is 8.06. The first kappa shape index (κ1) is 10.5. The Morgan fingerprint density at radius 2 is 2.07 bits per heavy atom. The average Bonchev–Trinajstić information content (AvgIpc) is 2.42. The zero-order valence-electron chi connectivity index (χ0n) is 7.60. The fourth-order valence-electron chi connectivity index (χ4n) is 0.890. The van der Waals surface area contributed by atoms with Crippen molar-refractivity contribution in [3.8, 4) is 0 Å². The Morgan fingerprint density at radius 3 is 2.64 bits per heavy atom. The summed E-state index contributed by atoms with van der Waals surface area (Å²) in [4.78, 5) is 13.1. The summed E-state index contributed by atoms with van der Waals surface area (Å²) >= 11 is 1.52. The number of hydrogen-bond acceptors (Lipinski definition) is 4. The number of nitrogen functional groups attached to an aromatic ring is 1. The van der Waals surface area contributed by atoms with Crippen LogP contribution in [0.25, 0.3) is 10.2 Å². The molecule has 3 N–H and O–H groups in total. The van der Waals surface area contributed by atoms with Crippen molar-refractivity contribution in [2.24, 2.45) is 0 Å². The zero-order chi connectivity index (χ0) is 10.6. The quantitative estimate of drug-likeness (QED) is 0.697. The number of rotatable bonds is 0. The maximum atomic E-state index is 9.00. The highest BCUT2D eigenvalue weighted by Gasteiger charge is 1.96. The molecular weight excluding hydrogens is 200 g/mol. The Balaban J connectivity index is 0.000000213. The first-order chi connectivity index (χ1) is 6.59. The van der Waals surface area contributed by atoms with Gasteiger partial charge in [0, 0.05) is 6.92 Å². The molecule has 2 rings (SSSR count). The molecule has 0 bridgehead atoms. The minimum absolute atomic E-state index is 0.640. The number of nitrogens with zero attached hydrogens (tertiary/aromatic N) is 1. The fraction of sp³-hybridized carbons (Fsp3) is 0.111. The van der Waals surface area contributed by atoms with Gasteiger partial charge in [-0.3, -0.25) is 4.79 Å². The number of benzene rings is 1. The van der Waals surface area contributed by atoms with Gasteiger partial charge in [-0.05, 0) is 12.1 Å². The van der Waals surface area contributed by atoms with Crippen LogP contribution in [0.2, 0.25) is 0 Å². The molecule has 1 aromatic carbocycles. The SMILES string of the molecule is CC(=O)O.Nc1nc2ccccc2s1. The van der Waals surface area contributed by atoms with Gasteiger partial charge in [-0.2, -0.15) is 0 Å². The van der Waals surface area contributed by atoms with E-state index >= 15 is 0 Å². The molecule has 1 heterocycles. The van der Waals surface area contributed by atoms with Crippen LogP contribution in [-0.4, -0.2) is 16.1 Å². The van der Waals surface area contributed by atoms with Crippen molar-refractivity contribution in [3.63, 3.8) is 0 Å². The van der Waals surface area contributed by atoms with Crippen molar-refractivity contribution in [2.45, 2.75) is 6.92 Å². The molecule has 0 saturated heterocycles. The molecule has 5 heteroatoms. The Bertz CT molecular complexity index is 402. The maximum Gasteiger partial charge on any atom is 0.300 e. The van der Waals surface area contributed by atoms with Gasteiger partial charge in [0.15, 0.2) is 5.13 Å².